The van der Waals surface area contributed by atoms with Gasteiger partial charge in [0.15, 0.2) is 0 Å². The van der Waals surface area contributed by atoms with Crippen molar-refractivity contribution in [3.63, 3.8) is 0 Å². The van der Waals surface area contributed by atoms with E-state index in [2.05, 4.69) is 16.0 Å². The lowest BCUT2D eigenvalue weighted by atomic mass is 10.1. The van der Waals surface area contributed by atoms with Crippen LogP contribution in [0.15, 0.2) is 24.3 Å². The highest BCUT2D eigenvalue weighted by Gasteiger charge is 2.19. The Morgan fingerprint density at radius 2 is 2.28 bits per heavy atom. The summed E-state index contributed by atoms with van der Waals surface area (Å²) < 4.78 is 0. The third kappa shape index (κ3) is 3.63. The molecule has 0 spiro atoms. The molecule has 1 aromatic rings. The van der Waals surface area contributed by atoms with Crippen molar-refractivity contribution in [2.45, 2.75) is 18.9 Å². The molecule has 5 nitrogen and oxygen atoms in total. The maximum Gasteiger partial charge on any atom is 0.319 e. The number of hydrogen-bond acceptors (Lipinski definition) is 2. The van der Waals surface area contributed by atoms with E-state index in [0.29, 0.717) is 30.1 Å². The first-order valence-electron chi connectivity index (χ1n) is 5.73. The van der Waals surface area contributed by atoms with Crippen molar-refractivity contribution >= 4 is 29.2 Å². The third-order valence-electron chi connectivity index (χ3n) is 2.68. The van der Waals surface area contributed by atoms with Crippen LogP contribution in [0.2, 0.25) is 5.02 Å². The number of anilines is 1. The molecule has 1 saturated heterocycles. The van der Waals surface area contributed by atoms with Crippen LogP contribution < -0.4 is 16.0 Å². The molecule has 3 amide bonds. The predicted octanol–water partition coefficient (Wildman–Crippen LogP) is 1.74. The molecule has 0 aromatic heterocycles. The summed E-state index contributed by atoms with van der Waals surface area (Å²) >= 11 is 5.82. The topological polar surface area (TPSA) is 70.2 Å². The number of urea groups is 1. The minimum atomic E-state index is -0.293. The molecule has 0 aliphatic carbocycles. The van der Waals surface area contributed by atoms with Crippen molar-refractivity contribution < 1.29 is 9.59 Å². The standard InChI is InChI=1S/C12H14ClN3O2/c13-8-2-1-3-9(6-8)15-12(18)16-10-4-5-11(17)14-7-10/h1-3,6,10H,4-5,7H2,(H,14,17)(H2,15,16,18). The fraction of sp³-hybridized carbons (Fsp3) is 0.333. The van der Waals surface area contributed by atoms with E-state index in [4.69, 9.17) is 11.6 Å². The number of benzene rings is 1. The number of amides is 3. The van der Waals surface area contributed by atoms with Gasteiger partial charge in [-0.15, -0.1) is 0 Å². The van der Waals surface area contributed by atoms with E-state index in [1.54, 1.807) is 24.3 Å². The molecular formula is C12H14ClN3O2. The summed E-state index contributed by atoms with van der Waals surface area (Å²) in [6.07, 6.45) is 1.11. The van der Waals surface area contributed by atoms with Gasteiger partial charge in [-0.2, -0.15) is 0 Å². The predicted molar refractivity (Wildman–Crippen MR) is 69.6 cm³/mol. The average molecular weight is 268 g/mol. The smallest absolute Gasteiger partial charge is 0.319 e. The van der Waals surface area contributed by atoms with E-state index < -0.39 is 0 Å². The highest BCUT2D eigenvalue weighted by molar-refractivity contribution is 6.30. The Morgan fingerprint density at radius 1 is 1.44 bits per heavy atom. The molecule has 1 aliphatic rings. The number of piperidine rings is 1. The molecule has 96 valence electrons. The van der Waals surface area contributed by atoms with Crippen molar-refractivity contribution in [3.05, 3.63) is 29.3 Å². The summed E-state index contributed by atoms with van der Waals surface area (Å²) in [5.41, 5.74) is 0.639. The fourth-order valence-corrected chi connectivity index (χ4v) is 1.97. The van der Waals surface area contributed by atoms with Crippen LogP contribution in [0.4, 0.5) is 10.5 Å². The number of rotatable bonds is 2. The molecule has 1 aromatic carbocycles. The first kappa shape index (κ1) is 12.7. The number of hydrogen-bond donors (Lipinski definition) is 3. The summed E-state index contributed by atoms with van der Waals surface area (Å²) in [6.45, 7) is 0.474. The van der Waals surface area contributed by atoms with Gasteiger partial charge >= 0.3 is 6.03 Å². The average Bonchev–Trinajstić information content (AvgIpc) is 2.32. The van der Waals surface area contributed by atoms with E-state index in [0.717, 1.165) is 0 Å². The normalized spacial score (nSPS) is 18.9. The van der Waals surface area contributed by atoms with Gasteiger partial charge in [-0.25, -0.2) is 4.79 Å². The van der Waals surface area contributed by atoms with E-state index in [1.807, 2.05) is 0 Å². The lowest BCUT2D eigenvalue weighted by molar-refractivity contribution is -0.122. The quantitative estimate of drug-likeness (QED) is 0.764. The molecule has 0 radical (unpaired) electrons. The minimum Gasteiger partial charge on any atom is -0.354 e. The maximum absolute atomic E-state index is 11.7. The highest BCUT2D eigenvalue weighted by atomic mass is 35.5. The molecule has 0 saturated carbocycles. The molecule has 1 unspecified atom stereocenters. The molecule has 3 N–H and O–H groups in total. The summed E-state index contributed by atoms with van der Waals surface area (Å²) in [5, 5.41) is 8.77. The van der Waals surface area contributed by atoms with E-state index in [-0.39, 0.29) is 18.0 Å². The largest absolute Gasteiger partial charge is 0.354 e. The molecule has 1 fully saturated rings. The summed E-state index contributed by atoms with van der Waals surface area (Å²) in [4.78, 5) is 22.7. The van der Waals surface area contributed by atoms with E-state index in [1.165, 1.54) is 0 Å². The Morgan fingerprint density at radius 3 is 2.94 bits per heavy atom. The minimum absolute atomic E-state index is 0.0260. The van der Waals surface area contributed by atoms with Crippen molar-refractivity contribution in [1.29, 1.82) is 0 Å². The van der Waals surface area contributed by atoms with Crippen LogP contribution in [-0.4, -0.2) is 24.5 Å². The first-order valence-corrected chi connectivity index (χ1v) is 6.11. The van der Waals surface area contributed by atoms with Crippen molar-refractivity contribution in [2.75, 3.05) is 11.9 Å². The van der Waals surface area contributed by atoms with Crippen molar-refractivity contribution in [1.82, 2.24) is 10.6 Å². The van der Waals surface area contributed by atoms with Crippen LogP contribution in [0.1, 0.15) is 12.8 Å². The zero-order valence-electron chi connectivity index (χ0n) is 9.70. The van der Waals surface area contributed by atoms with Crippen molar-refractivity contribution in [3.8, 4) is 0 Å². The third-order valence-corrected chi connectivity index (χ3v) is 2.92. The van der Waals surface area contributed by atoms with Gasteiger partial charge < -0.3 is 16.0 Å². The van der Waals surface area contributed by atoms with Crippen LogP contribution in [0.25, 0.3) is 0 Å². The highest BCUT2D eigenvalue weighted by Crippen LogP contribution is 2.14. The van der Waals surface area contributed by atoms with E-state index in [9.17, 15) is 9.59 Å². The SMILES string of the molecule is O=C1CCC(NC(=O)Nc2cccc(Cl)c2)CN1. The second-order valence-corrected chi connectivity index (χ2v) is 4.58. The Bertz CT molecular complexity index is 454. The molecule has 0 bridgehead atoms. The molecule has 1 atom stereocenters. The lowest BCUT2D eigenvalue weighted by Gasteiger charge is -2.23. The van der Waals surface area contributed by atoms with Gasteiger partial charge in [-0.3, -0.25) is 4.79 Å². The van der Waals surface area contributed by atoms with Gasteiger partial charge in [0.25, 0.3) is 0 Å². The fourth-order valence-electron chi connectivity index (χ4n) is 1.77. The first-order chi connectivity index (χ1) is 8.63. The summed E-state index contributed by atoms with van der Waals surface area (Å²) in [5.74, 6) is 0.0308. The number of carbonyl (C=O) groups excluding carboxylic acids is 2. The van der Waals surface area contributed by atoms with Crippen molar-refractivity contribution in [2.24, 2.45) is 0 Å². The zero-order valence-corrected chi connectivity index (χ0v) is 10.5. The second-order valence-electron chi connectivity index (χ2n) is 4.15. The van der Waals surface area contributed by atoms with Gasteiger partial charge in [0.05, 0.1) is 0 Å². The lowest BCUT2D eigenvalue weighted by Crippen LogP contribution is -2.48. The summed E-state index contributed by atoms with van der Waals surface area (Å²) in [7, 11) is 0. The van der Waals surface area contributed by atoms with Crippen LogP contribution in [0, 0.1) is 0 Å². The van der Waals surface area contributed by atoms with Gasteiger partial charge in [-0.1, -0.05) is 17.7 Å². The molecular weight excluding hydrogens is 254 g/mol. The molecule has 1 aliphatic heterocycles. The van der Waals surface area contributed by atoms with Crippen LogP contribution >= 0.6 is 11.6 Å². The zero-order chi connectivity index (χ0) is 13.0. The van der Waals surface area contributed by atoms with Gasteiger partial charge in [0, 0.05) is 29.7 Å². The molecule has 2 rings (SSSR count). The monoisotopic (exact) mass is 267 g/mol. The Balaban J connectivity index is 1.83. The number of carbonyl (C=O) groups is 2. The maximum atomic E-state index is 11.7. The molecule has 6 heteroatoms. The van der Waals surface area contributed by atoms with Crippen LogP contribution in [-0.2, 0) is 4.79 Å². The number of halogens is 1. The second kappa shape index (κ2) is 5.73. The Labute approximate surface area is 110 Å². The summed E-state index contributed by atoms with van der Waals surface area (Å²) in [6, 6.07) is 6.61. The van der Waals surface area contributed by atoms with Gasteiger partial charge in [0.2, 0.25) is 5.91 Å². The Kier molecular flexibility index (Phi) is 4.04. The van der Waals surface area contributed by atoms with Gasteiger partial charge in [0.1, 0.15) is 0 Å². The van der Waals surface area contributed by atoms with E-state index >= 15 is 0 Å². The Hall–Kier alpha value is -1.75. The molecule has 18 heavy (non-hydrogen) atoms. The van der Waals surface area contributed by atoms with Crippen LogP contribution in [0.5, 0.6) is 0 Å². The van der Waals surface area contributed by atoms with Crippen LogP contribution in [0.3, 0.4) is 0 Å². The van der Waals surface area contributed by atoms with Gasteiger partial charge in [-0.05, 0) is 24.6 Å². The molecule has 1 heterocycles. The number of nitrogens with one attached hydrogen (secondary N) is 3.